The number of nitrogens with zero attached hydrogens (tertiary/aromatic N) is 2. The molecular weight excluding hydrogens is 495 g/mol. The summed E-state index contributed by atoms with van der Waals surface area (Å²) in [6.07, 6.45) is 0.944. The highest BCUT2D eigenvalue weighted by atomic mass is 127. The van der Waals surface area contributed by atoms with Crippen molar-refractivity contribution < 1.29 is 4.79 Å². The Labute approximate surface area is 186 Å². The minimum Gasteiger partial charge on any atom is -0.357 e. The van der Waals surface area contributed by atoms with E-state index in [1.165, 1.54) is 10.4 Å². The third-order valence-electron chi connectivity index (χ3n) is 4.28. The lowest BCUT2D eigenvalue weighted by molar-refractivity contribution is -0.130. The van der Waals surface area contributed by atoms with Crippen LogP contribution in [0.25, 0.3) is 0 Å². The van der Waals surface area contributed by atoms with Crippen molar-refractivity contribution >= 4 is 58.8 Å². The van der Waals surface area contributed by atoms with Crippen LogP contribution >= 0.6 is 46.9 Å². The maximum Gasteiger partial charge on any atom is 0.242 e. The van der Waals surface area contributed by atoms with Crippen molar-refractivity contribution in [1.82, 2.24) is 15.5 Å². The fourth-order valence-corrected chi connectivity index (χ4v) is 3.95. The smallest absolute Gasteiger partial charge is 0.242 e. The molecule has 0 radical (unpaired) electrons. The van der Waals surface area contributed by atoms with Crippen molar-refractivity contribution in [3.63, 3.8) is 0 Å². The van der Waals surface area contributed by atoms with E-state index < -0.39 is 0 Å². The van der Waals surface area contributed by atoms with Crippen molar-refractivity contribution in [3.8, 4) is 0 Å². The number of carbonyl (C=O) groups excluding carboxylic acids is 1. The Morgan fingerprint density at radius 2 is 2.11 bits per heavy atom. The van der Waals surface area contributed by atoms with Crippen LogP contribution in [0.2, 0.25) is 5.02 Å². The van der Waals surface area contributed by atoms with Gasteiger partial charge in [-0.15, -0.1) is 35.3 Å². The molecule has 5 nitrogen and oxygen atoms in total. The average Bonchev–Trinajstić information content (AvgIpc) is 3.12. The van der Waals surface area contributed by atoms with E-state index in [9.17, 15) is 4.79 Å². The van der Waals surface area contributed by atoms with E-state index in [1.54, 1.807) is 11.3 Å². The normalized spacial score (nSPS) is 13.6. The summed E-state index contributed by atoms with van der Waals surface area (Å²) in [5.74, 6) is 0.708. The molecule has 0 unspecified atom stereocenters. The Morgan fingerprint density at radius 1 is 1.30 bits per heavy atom. The number of hydrogen-bond donors (Lipinski definition) is 2. The highest BCUT2D eigenvalue weighted by Gasteiger charge is 2.21. The first-order valence-electron chi connectivity index (χ1n) is 8.76. The van der Waals surface area contributed by atoms with E-state index >= 15 is 0 Å². The van der Waals surface area contributed by atoms with Crippen molar-refractivity contribution in [3.05, 3.63) is 56.7 Å². The van der Waals surface area contributed by atoms with Crippen LogP contribution in [0, 0.1) is 0 Å². The van der Waals surface area contributed by atoms with Gasteiger partial charge in [0.05, 0.1) is 13.1 Å². The van der Waals surface area contributed by atoms with Crippen LogP contribution in [0.4, 0.5) is 0 Å². The molecule has 1 aliphatic heterocycles. The molecule has 0 fully saturated rings. The number of fused-ring (bicyclic) bond motifs is 1. The molecule has 3 rings (SSSR count). The third kappa shape index (κ3) is 6.08. The van der Waals surface area contributed by atoms with Gasteiger partial charge in [0.15, 0.2) is 5.96 Å². The Bertz CT molecular complexity index is 796. The van der Waals surface area contributed by atoms with E-state index in [1.807, 2.05) is 36.1 Å². The van der Waals surface area contributed by atoms with Crippen LogP contribution in [0.3, 0.4) is 0 Å². The predicted octanol–water partition coefficient (Wildman–Crippen LogP) is 3.66. The third-order valence-corrected chi connectivity index (χ3v) is 5.67. The molecule has 0 bridgehead atoms. The van der Waals surface area contributed by atoms with E-state index in [4.69, 9.17) is 11.6 Å². The van der Waals surface area contributed by atoms with Crippen molar-refractivity contribution in [2.45, 2.75) is 26.4 Å². The van der Waals surface area contributed by atoms with Gasteiger partial charge in [-0.2, -0.15) is 0 Å². The van der Waals surface area contributed by atoms with Crippen molar-refractivity contribution in [2.75, 3.05) is 19.6 Å². The molecule has 2 aromatic rings. The number of hydrogen-bond acceptors (Lipinski definition) is 3. The van der Waals surface area contributed by atoms with E-state index in [2.05, 4.69) is 27.1 Å². The molecule has 1 aromatic carbocycles. The molecule has 8 heteroatoms. The zero-order valence-corrected chi connectivity index (χ0v) is 19.1. The van der Waals surface area contributed by atoms with Gasteiger partial charge < -0.3 is 15.5 Å². The standard InChI is InChI=1S/C19H23ClN4OS.HI/c1-2-21-19(22-11-14-5-3-4-6-16(14)20)23-12-18(25)24-9-7-17-15(13-24)8-10-26-17;/h3-6,8,10H,2,7,9,11-13H2,1H3,(H2,21,22,23);1H. The fourth-order valence-electron chi connectivity index (χ4n) is 2.87. The number of rotatable bonds is 5. The van der Waals surface area contributed by atoms with Gasteiger partial charge in [0, 0.05) is 29.5 Å². The average molecular weight is 519 g/mol. The quantitative estimate of drug-likeness (QED) is 0.361. The lowest BCUT2D eigenvalue weighted by Crippen LogP contribution is -2.45. The highest BCUT2D eigenvalue weighted by Crippen LogP contribution is 2.23. The molecule has 1 aliphatic rings. The number of nitrogens with one attached hydrogen (secondary N) is 2. The highest BCUT2D eigenvalue weighted by molar-refractivity contribution is 14.0. The van der Waals surface area contributed by atoms with Crippen LogP contribution in [0.1, 0.15) is 22.9 Å². The Kier molecular flexibility index (Phi) is 8.85. The van der Waals surface area contributed by atoms with Gasteiger partial charge >= 0.3 is 0 Å². The van der Waals surface area contributed by atoms with Gasteiger partial charge in [0.1, 0.15) is 0 Å². The summed E-state index contributed by atoms with van der Waals surface area (Å²) >= 11 is 7.95. The maximum atomic E-state index is 12.5. The van der Waals surface area contributed by atoms with E-state index in [0.29, 0.717) is 24.1 Å². The van der Waals surface area contributed by atoms with Crippen LogP contribution in [0.15, 0.2) is 40.7 Å². The number of carbonyl (C=O) groups is 1. The Balaban J connectivity index is 0.00000261. The summed E-state index contributed by atoms with van der Waals surface area (Å²) < 4.78 is 0. The first kappa shape index (κ1) is 22.0. The predicted molar refractivity (Wildman–Crippen MR) is 123 cm³/mol. The zero-order valence-electron chi connectivity index (χ0n) is 15.2. The number of thiophene rings is 1. The first-order valence-corrected chi connectivity index (χ1v) is 10.0. The second kappa shape index (κ2) is 10.9. The molecule has 1 aromatic heterocycles. The molecular formula is C19H24ClIN4OS. The largest absolute Gasteiger partial charge is 0.357 e. The van der Waals surface area contributed by atoms with Gasteiger partial charge in [-0.25, -0.2) is 4.99 Å². The minimum atomic E-state index is 0. The summed E-state index contributed by atoms with van der Waals surface area (Å²) in [5, 5.41) is 9.10. The van der Waals surface area contributed by atoms with Gasteiger partial charge in [0.25, 0.3) is 0 Å². The number of amides is 1. The topological polar surface area (TPSA) is 56.7 Å². The SMILES string of the molecule is CCNC(=NCc1ccccc1Cl)NCC(=O)N1CCc2sccc2C1.I. The maximum absolute atomic E-state index is 12.5. The van der Waals surface area contributed by atoms with Crippen LogP contribution < -0.4 is 10.6 Å². The molecule has 0 atom stereocenters. The Hall–Kier alpha value is -1.32. The molecule has 146 valence electrons. The number of benzene rings is 1. The Morgan fingerprint density at radius 3 is 2.89 bits per heavy atom. The van der Waals surface area contributed by atoms with Gasteiger partial charge in [-0.1, -0.05) is 29.8 Å². The molecule has 0 aliphatic carbocycles. The van der Waals surface area contributed by atoms with E-state index in [-0.39, 0.29) is 36.4 Å². The second-order valence-corrected chi connectivity index (χ2v) is 7.48. The summed E-state index contributed by atoms with van der Waals surface area (Å²) in [4.78, 5) is 20.4. The number of aliphatic imine (C=N–C) groups is 1. The lowest BCUT2D eigenvalue weighted by Gasteiger charge is -2.27. The van der Waals surface area contributed by atoms with Gasteiger partial charge in [-0.05, 0) is 42.0 Å². The summed E-state index contributed by atoms with van der Waals surface area (Å²) in [5.41, 5.74) is 2.23. The molecule has 1 amide bonds. The molecule has 0 saturated carbocycles. The molecule has 0 saturated heterocycles. The molecule has 27 heavy (non-hydrogen) atoms. The second-order valence-electron chi connectivity index (χ2n) is 6.07. The molecule has 2 N–H and O–H groups in total. The summed E-state index contributed by atoms with van der Waals surface area (Å²) in [6.45, 7) is 4.90. The monoisotopic (exact) mass is 518 g/mol. The summed E-state index contributed by atoms with van der Waals surface area (Å²) in [6, 6.07) is 9.75. The van der Waals surface area contributed by atoms with E-state index in [0.717, 1.165) is 25.1 Å². The minimum absolute atomic E-state index is 0. The van der Waals surface area contributed by atoms with Crippen LogP contribution in [-0.2, 0) is 24.3 Å². The number of halogens is 2. The summed E-state index contributed by atoms with van der Waals surface area (Å²) in [7, 11) is 0. The van der Waals surface area contributed by atoms with Gasteiger partial charge in [0.2, 0.25) is 5.91 Å². The molecule has 0 spiro atoms. The molecule has 2 heterocycles. The van der Waals surface area contributed by atoms with Crippen LogP contribution in [0.5, 0.6) is 0 Å². The van der Waals surface area contributed by atoms with Crippen LogP contribution in [-0.4, -0.2) is 36.4 Å². The van der Waals surface area contributed by atoms with Crippen molar-refractivity contribution in [1.29, 1.82) is 0 Å². The van der Waals surface area contributed by atoms with Gasteiger partial charge in [-0.3, -0.25) is 4.79 Å². The fraction of sp³-hybridized carbons (Fsp3) is 0.368. The lowest BCUT2D eigenvalue weighted by atomic mass is 10.1. The number of guanidine groups is 1. The first-order chi connectivity index (χ1) is 12.7. The zero-order chi connectivity index (χ0) is 18.4. The van der Waals surface area contributed by atoms with Crippen molar-refractivity contribution in [2.24, 2.45) is 4.99 Å².